The number of nitrogens with one attached hydrogen (secondary N) is 1. The molecule has 0 bridgehead atoms. The minimum absolute atomic E-state index is 0.190. The van der Waals surface area contributed by atoms with E-state index in [0.29, 0.717) is 24.6 Å². The molecule has 2 aromatic rings. The topological polar surface area (TPSA) is 77.2 Å². The normalized spacial score (nSPS) is 13.2. The van der Waals surface area contributed by atoms with Gasteiger partial charge in [0.2, 0.25) is 11.8 Å². The quantitative estimate of drug-likeness (QED) is 0.817. The highest BCUT2D eigenvalue weighted by Gasteiger charge is 2.26. The number of ether oxygens (including phenoxy) is 1. The zero-order chi connectivity index (χ0) is 17.6. The molecule has 0 saturated carbocycles. The van der Waals surface area contributed by atoms with Crippen molar-refractivity contribution in [3.8, 4) is 11.6 Å². The van der Waals surface area contributed by atoms with E-state index < -0.39 is 5.54 Å². The molecule has 0 fully saturated rings. The zero-order valence-electron chi connectivity index (χ0n) is 13.9. The summed E-state index contributed by atoms with van der Waals surface area (Å²) < 4.78 is 18.6. The van der Waals surface area contributed by atoms with E-state index in [1.54, 1.807) is 37.4 Å². The summed E-state index contributed by atoms with van der Waals surface area (Å²) in [6, 6.07) is 9.29. The standard InChI is InChI=1S/C18H22FN3O2/c1-3-9-18(2,20)17(23)22-12-13-7-8-16(21-11-13)24-15-6-4-5-14(19)10-15/h4-8,10-11H,3,9,12,20H2,1-2H3,(H,22,23). The number of halogens is 1. The van der Waals surface area contributed by atoms with Gasteiger partial charge in [0.15, 0.2) is 0 Å². The Balaban J connectivity index is 1.91. The minimum atomic E-state index is -0.872. The molecule has 2 rings (SSSR count). The van der Waals surface area contributed by atoms with E-state index >= 15 is 0 Å². The molecule has 0 aliphatic carbocycles. The monoisotopic (exact) mass is 331 g/mol. The second kappa shape index (κ2) is 7.88. The fourth-order valence-corrected chi connectivity index (χ4v) is 2.24. The van der Waals surface area contributed by atoms with Crippen molar-refractivity contribution < 1.29 is 13.9 Å². The number of carbonyl (C=O) groups is 1. The molecular formula is C18H22FN3O2. The molecule has 1 atom stereocenters. The Bertz CT molecular complexity index is 687. The summed E-state index contributed by atoms with van der Waals surface area (Å²) in [4.78, 5) is 16.2. The summed E-state index contributed by atoms with van der Waals surface area (Å²) in [6.07, 6.45) is 3.06. The maximum atomic E-state index is 13.1. The Hall–Kier alpha value is -2.47. The van der Waals surface area contributed by atoms with Crippen molar-refractivity contribution >= 4 is 5.91 Å². The van der Waals surface area contributed by atoms with Gasteiger partial charge in [-0.05, 0) is 31.0 Å². The maximum Gasteiger partial charge on any atom is 0.240 e. The van der Waals surface area contributed by atoms with Crippen LogP contribution < -0.4 is 15.8 Å². The fraction of sp³-hybridized carbons (Fsp3) is 0.333. The molecule has 6 heteroatoms. The second-order valence-electron chi connectivity index (χ2n) is 5.91. The van der Waals surface area contributed by atoms with Crippen molar-refractivity contribution in [2.24, 2.45) is 5.73 Å². The van der Waals surface area contributed by atoms with Crippen LogP contribution in [0.1, 0.15) is 32.3 Å². The minimum Gasteiger partial charge on any atom is -0.439 e. The summed E-state index contributed by atoms with van der Waals surface area (Å²) >= 11 is 0. The molecule has 1 aromatic carbocycles. The predicted molar refractivity (Wildman–Crippen MR) is 90.1 cm³/mol. The summed E-state index contributed by atoms with van der Waals surface area (Å²) in [5.41, 5.74) is 5.93. The third-order valence-corrected chi connectivity index (χ3v) is 3.56. The number of amides is 1. The third-order valence-electron chi connectivity index (χ3n) is 3.56. The van der Waals surface area contributed by atoms with E-state index in [1.165, 1.54) is 12.1 Å². The largest absolute Gasteiger partial charge is 0.439 e. The van der Waals surface area contributed by atoms with Crippen LogP contribution >= 0.6 is 0 Å². The van der Waals surface area contributed by atoms with Gasteiger partial charge < -0.3 is 15.8 Å². The van der Waals surface area contributed by atoms with Gasteiger partial charge in [-0.3, -0.25) is 4.79 Å². The van der Waals surface area contributed by atoms with Gasteiger partial charge >= 0.3 is 0 Å². The number of rotatable bonds is 7. The molecule has 1 aromatic heterocycles. The van der Waals surface area contributed by atoms with Crippen molar-refractivity contribution in [2.75, 3.05) is 0 Å². The number of hydrogen-bond acceptors (Lipinski definition) is 4. The van der Waals surface area contributed by atoms with Gasteiger partial charge in [0.25, 0.3) is 0 Å². The number of nitrogens with zero attached hydrogens (tertiary/aromatic N) is 1. The molecule has 3 N–H and O–H groups in total. The van der Waals surface area contributed by atoms with Crippen LogP contribution in [0.2, 0.25) is 0 Å². The third kappa shape index (κ3) is 5.03. The first-order valence-corrected chi connectivity index (χ1v) is 7.86. The number of benzene rings is 1. The van der Waals surface area contributed by atoms with Crippen LogP contribution in [0.3, 0.4) is 0 Å². The van der Waals surface area contributed by atoms with Crippen LogP contribution in [0.4, 0.5) is 4.39 Å². The van der Waals surface area contributed by atoms with E-state index in [1.807, 2.05) is 6.92 Å². The number of aromatic nitrogens is 1. The zero-order valence-corrected chi connectivity index (χ0v) is 13.9. The van der Waals surface area contributed by atoms with E-state index in [-0.39, 0.29) is 11.7 Å². The highest BCUT2D eigenvalue weighted by atomic mass is 19.1. The van der Waals surface area contributed by atoms with Crippen molar-refractivity contribution in [1.29, 1.82) is 0 Å². The molecule has 0 aliphatic rings. The van der Waals surface area contributed by atoms with Gasteiger partial charge in [-0.25, -0.2) is 9.37 Å². The lowest BCUT2D eigenvalue weighted by molar-refractivity contribution is -0.126. The van der Waals surface area contributed by atoms with Crippen molar-refractivity contribution in [1.82, 2.24) is 10.3 Å². The van der Waals surface area contributed by atoms with Gasteiger partial charge in [-0.1, -0.05) is 25.5 Å². The van der Waals surface area contributed by atoms with E-state index in [0.717, 1.165) is 12.0 Å². The highest BCUT2D eigenvalue weighted by Crippen LogP contribution is 2.20. The Morgan fingerprint density at radius 2 is 2.17 bits per heavy atom. The molecule has 128 valence electrons. The van der Waals surface area contributed by atoms with Crippen molar-refractivity contribution in [3.63, 3.8) is 0 Å². The van der Waals surface area contributed by atoms with Crippen LogP contribution in [0.15, 0.2) is 42.6 Å². The lowest BCUT2D eigenvalue weighted by atomic mass is 9.96. The molecule has 1 amide bonds. The van der Waals surface area contributed by atoms with Gasteiger partial charge in [0.05, 0.1) is 5.54 Å². The average molecular weight is 331 g/mol. The van der Waals surface area contributed by atoms with Crippen molar-refractivity contribution in [2.45, 2.75) is 38.8 Å². The Morgan fingerprint density at radius 1 is 1.38 bits per heavy atom. The summed E-state index contributed by atoms with van der Waals surface area (Å²) in [6.45, 7) is 4.04. The molecule has 24 heavy (non-hydrogen) atoms. The lowest BCUT2D eigenvalue weighted by Crippen LogP contribution is -2.51. The highest BCUT2D eigenvalue weighted by molar-refractivity contribution is 5.85. The first kappa shape index (κ1) is 17.9. The average Bonchev–Trinajstić information content (AvgIpc) is 2.54. The van der Waals surface area contributed by atoms with Crippen LogP contribution in [0.25, 0.3) is 0 Å². The van der Waals surface area contributed by atoms with Crippen molar-refractivity contribution in [3.05, 3.63) is 54.0 Å². The number of carbonyl (C=O) groups excluding carboxylic acids is 1. The Labute approximate surface area is 141 Å². The Morgan fingerprint density at radius 3 is 2.79 bits per heavy atom. The first-order valence-electron chi connectivity index (χ1n) is 7.86. The van der Waals surface area contributed by atoms with Crippen LogP contribution in [0, 0.1) is 5.82 Å². The van der Waals surface area contributed by atoms with Gasteiger partial charge in [-0.15, -0.1) is 0 Å². The molecule has 0 spiro atoms. The molecule has 5 nitrogen and oxygen atoms in total. The van der Waals surface area contributed by atoms with E-state index in [2.05, 4.69) is 10.3 Å². The van der Waals surface area contributed by atoms with Gasteiger partial charge in [0, 0.05) is 24.9 Å². The molecule has 0 aliphatic heterocycles. The molecule has 1 heterocycles. The number of hydrogen-bond donors (Lipinski definition) is 2. The summed E-state index contributed by atoms with van der Waals surface area (Å²) in [5.74, 6) is 0.167. The molecular weight excluding hydrogens is 309 g/mol. The fourth-order valence-electron chi connectivity index (χ4n) is 2.24. The van der Waals surface area contributed by atoms with Gasteiger partial charge in [-0.2, -0.15) is 0 Å². The smallest absolute Gasteiger partial charge is 0.240 e. The Kier molecular flexibility index (Phi) is 5.87. The van der Waals surface area contributed by atoms with Crippen LogP contribution in [-0.2, 0) is 11.3 Å². The SMILES string of the molecule is CCCC(C)(N)C(=O)NCc1ccc(Oc2cccc(F)c2)nc1. The second-order valence-corrected chi connectivity index (χ2v) is 5.91. The van der Waals surface area contributed by atoms with Gasteiger partial charge in [0.1, 0.15) is 11.6 Å². The van der Waals surface area contributed by atoms with Crippen LogP contribution in [-0.4, -0.2) is 16.4 Å². The summed E-state index contributed by atoms with van der Waals surface area (Å²) in [7, 11) is 0. The maximum absolute atomic E-state index is 13.1. The number of nitrogens with two attached hydrogens (primary N) is 1. The molecule has 1 unspecified atom stereocenters. The summed E-state index contributed by atoms with van der Waals surface area (Å²) in [5, 5.41) is 2.81. The first-order chi connectivity index (χ1) is 11.4. The molecule has 0 saturated heterocycles. The van der Waals surface area contributed by atoms with E-state index in [9.17, 15) is 9.18 Å². The predicted octanol–water partition coefficient (Wildman–Crippen LogP) is 3.15. The van der Waals surface area contributed by atoms with E-state index in [4.69, 9.17) is 10.5 Å². The number of pyridine rings is 1. The van der Waals surface area contributed by atoms with Crippen LogP contribution in [0.5, 0.6) is 11.6 Å². The molecule has 0 radical (unpaired) electrons. The lowest BCUT2D eigenvalue weighted by Gasteiger charge is -2.22.